The molecule has 0 aliphatic carbocycles. The minimum atomic E-state index is -0.767. The number of rotatable bonds is 11. The molecule has 1 aliphatic heterocycles. The number of nitrogens with zero attached hydrogens (tertiary/aromatic N) is 2. The SMILES string of the molecule is CCOc1ccc(C2/C(=C(\O)c3ccc(OC)c(C(C)C)c3)C(=O)C(=O)N2CCCN(C)C)cc1OC. The maximum atomic E-state index is 13.4. The van der Waals surface area contributed by atoms with Crippen LogP contribution < -0.4 is 14.2 Å². The van der Waals surface area contributed by atoms with Gasteiger partial charge in [0.2, 0.25) is 0 Å². The molecule has 8 heteroatoms. The summed E-state index contributed by atoms with van der Waals surface area (Å²) in [7, 11) is 7.05. The van der Waals surface area contributed by atoms with E-state index in [1.54, 1.807) is 43.4 Å². The quantitative estimate of drug-likeness (QED) is 0.269. The lowest BCUT2D eigenvalue weighted by molar-refractivity contribution is -0.139. The van der Waals surface area contributed by atoms with Crippen LogP contribution in [0, 0.1) is 0 Å². The lowest BCUT2D eigenvalue weighted by Gasteiger charge is -2.26. The largest absolute Gasteiger partial charge is 0.507 e. The summed E-state index contributed by atoms with van der Waals surface area (Å²) in [4.78, 5) is 30.2. The van der Waals surface area contributed by atoms with Gasteiger partial charge in [-0.3, -0.25) is 9.59 Å². The molecule has 2 aromatic rings. The lowest BCUT2D eigenvalue weighted by atomic mass is 9.93. The minimum Gasteiger partial charge on any atom is -0.507 e. The van der Waals surface area contributed by atoms with Crippen LogP contribution in [-0.2, 0) is 9.59 Å². The highest BCUT2D eigenvalue weighted by Crippen LogP contribution is 2.42. The van der Waals surface area contributed by atoms with Crippen LogP contribution in [0.25, 0.3) is 5.76 Å². The number of carbonyl (C=O) groups is 2. The number of methoxy groups -OCH3 is 2. The van der Waals surface area contributed by atoms with Crippen LogP contribution in [0.1, 0.15) is 55.8 Å². The number of likely N-dealkylation sites (tertiary alicyclic amines) is 1. The van der Waals surface area contributed by atoms with E-state index in [0.717, 1.165) is 12.1 Å². The van der Waals surface area contributed by atoms with Crippen molar-refractivity contribution in [3.63, 3.8) is 0 Å². The number of benzene rings is 2. The topological polar surface area (TPSA) is 88.5 Å². The van der Waals surface area contributed by atoms with Crippen molar-refractivity contribution in [2.45, 2.75) is 39.2 Å². The van der Waals surface area contributed by atoms with E-state index in [4.69, 9.17) is 14.2 Å². The molecule has 8 nitrogen and oxygen atoms in total. The summed E-state index contributed by atoms with van der Waals surface area (Å²) in [5.41, 5.74) is 2.06. The zero-order valence-electron chi connectivity index (χ0n) is 22.8. The molecular weight excluding hydrogens is 472 g/mol. The number of carbonyl (C=O) groups excluding carboxylic acids is 2. The molecule has 1 amide bonds. The summed E-state index contributed by atoms with van der Waals surface area (Å²) in [5, 5.41) is 11.5. The smallest absolute Gasteiger partial charge is 0.295 e. The number of ether oxygens (including phenoxy) is 3. The summed E-state index contributed by atoms with van der Waals surface area (Å²) >= 11 is 0. The van der Waals surface area contributed by atoms with Gasteiger partial charge < -0.3 is 29.1 Å². The second-order valence-electron chi connectivity index (χ2n) is 9.60. The molecule has 1 fully saturated rings. The fourth-order valence-corrected chi connectivity index (χ4v) is 4.63. The van der Waals surface area contributed by atoms with Crippen LogP contribution >= 0.6 is 0 Å². The number of aliphatic hydroxyl groups is 1. The van der Waals surface area contributed by atoms with Crippen molar-refractivity contribution in [1.82, 2.24) is 9.80 Å². The maximum Gasteiger partial charge on any atom is 0.295 e. The number of Topliss-reactive ketones (excluding diaryl/α,β-unsaturated/α-hetero) is 1. The molecule has 0 saturated carbocycles. The molecule has 1 N–H and O–H groups in total. The Hall–Kier alpha value is -3.52. The Bertz CT molecular complexity index is 1170. The standard InChI is InChI=1S/C29H38N2O6/c1-8-37-23-13-10-19(17-24(23)36-7)26-25(28(33)29(34)31(26)15-9-14-30(4)5)27(32)20-11-12-22(35-6)21(16-20)18(2)3/h10-13,16-18,26,32H,8-9,14-15H2,1-7H3/b27-25+. The number of amides is 1. The van der Waals surface area contributed by atoms with Crippen molar-refractivity contribution in [2.24, 2.45) is 0 Å². The second kappa shape index (κ2) is 12.1. The van der Waals surface area contributed by atoms with Crippen molar-refractivity contribution >= 4 is 17.4 Å². The van der Waals surface area contributed by atoms with E-state index in [1.807, 2.05) is 51.9 Å². The molecule has 0 radical (unpaired) electrons. The van der Waals surface area contributed by atoms with Gasteiger partial charge >= 0.3 is 0 Å². The Labute approximate surface area is 219 Å². The normalized spacial score (nSPS) is 17.1. The zero-order valence-corrected chi connectivity index (χ0v) is 22.8. The molecular formula is C29H38N2O6. The summed E-state index contributed by atoms with van der Waals surface area (Å²) in [6.07, 6.45) is 0.671. The lowest BCUT2D eigenvalue weighted by Crippen LogP contribution is -2.32. The molecule has 0 spiro atoms. The second-order valence-corrected chi connectivity index (χ2v) is 9.60. The van der Waals surface area contributed by atoms with E-state index in [1.165, 1.54) is 0 Å². The van der Waals surface area contributed by atoms with Gasteiger partial charge in [0.1, 0.15) is 11.5 Å². The molecule has 0 aromatic heterocycles. The third-order valence-electron chi connectivity index (χ3n) is 6.47. The van der Waals surface area contributed by atoms with Crippen molar-refractivity contribution < 1.29 is 28.9 Å². The molecule has 1 atom stereocenters. The molecule has 2 aromatic carbocycles. The van der Waals surface area contributed by atoms with Gasteiger partial charge in [-0.2, -0.15) is 0 Å². The van der Waals surface area contributed by atoms with Gasteiger partial charge in [0.05, 0.1) is 32.4 Å². The highest BCUT2D eigenvalue weighted by atomic mass is 16.5. The van der Waals surface area contributed by atoms with Crippen LogP contribution in [0.5, 0.6) is 17.2 Å². The molecule has 1 heterocycles. The Kier molecular flexibility index (Phi) is 9.21. The first-order valence-corrected chi connectivity index (χ1v) is 12.6. The van der Waals surface area contributed by atoms with Crippen LogP contribution in [0.2, 0.25) is 0 Å². The van der Waals surface area contributed by atoms with Gasteiger partial charge in [-0.05, 0) is 81.4 Å². The first-order chi connectivity index (χ1) is 17.6. The van der Waals surface area contributed by atoms with Gasteiger partial charge in [-0.1, -0.05) is 19.9 Å². The Balaban J connectivity index is 2.18. The minimum absolute atomic E-state index is 0.0564. The first kappa shape index (κ1) is 28.1. The molecule has 1 saturated heterocycles. The Morgan fingerprint density at radius 2 is 1.70 bits per heavy atom. The van der Waals surface area contributed by atoms with Gasteiger partial charge in [0.25, 0.3) is 11.7 Å². The van der Waals surface area contributed by atoms with Crippen LogP contribution in [0.4, 0.5) is 0 Å². The predicted molar refractivity (Wildman–Crippen MR) is 143 cm³/mol. The third kappa shape index (κ3) is 5.91. The summed E-state index contributed by atoms with van der Waals surface area (Å²) < 4.78 is 16.7. The Morgan fingerprint density at radius 3 is 2.30 bits per heavy atom. The predicted octanol–water partition coefficient (Wildman–Crippen LogP) is 4.60. The van der Waals surface area contributed by atoms with E-state index in [0.29, 0.717) is 47.9 Å². The highest BCUT2D eigenvalue weighted by molar-refractivity contribution is 6.46. The average Bonchev–Trinajstić information content (AvgIpc) is 3.13. The monoisotopic (exact) mass is 510 g/mol. The van der Waals surface area contributed by atoms with Crippen LogP contribution in [0.3, 0.4) is 0 Å². The molecule has 3 rings (SSSR count). The van der Waals surface area contributed by atoms with E-state index in [2.05, 4.69) is 0 Å². The number of hydrogen-bond acceptors (Lipinski definition) is 7. The van der Waals surface area contributed by atoms with E-state index >= 15 is 0 Å². The maximum absolute atomic E-state index is 13.4. The van der Waals surface area contributed by atoms with Crippen molar-refractivity contribution in [1.29, 1.82) is 0 Å². The van der Waals surface area contributed by atoms with Crippen molar-refractivity contribution in [2.75, 3.05) is 48.0 Å². The van der Waals surface area contributed by atoms with Gasteiger partial charge in [0, 0.05) is 12.1 Å². The third-order valence-corrected chi connectivity index (χ3v) is 6.47. The Morgan fingerprint density at radius 1 is 1.03 bits per heavy atom. The molecule has 0 bridgehead atoms. The number of ketones is 1. The van der Waals surface area contributed by atoms with Crippen LogP contribution in [-0.4, -0.2) is 74.6 Å². The molecule has 1 unspecified atom stereocenters. The van der Waals surface area contributed by atoms with Gasteiger partial charge in [-0.25, -0.2) is 0 Å². The fraction of sp³-hybridized carbons (Fsp3) is 0.448. The van der Waals surface area contributed by atoms with Crippen molar-refractivity contribution in [3.05, 3.63) is 58.7 Å². The summed E-state index contributed by atoms with van der Waals surface area (Å²) in [6, 6.07) is 9.86. The fourth-order valence-electron chi connectivity index (χ4n) is 4.63. The number of hydrogen-bond donors (Lipinski definition) is 1. The van der Waals surface area contributed by atoms with Crippen LogP contribution in [0.15, 0.2) is 42.0 Å². The zero-order chi connectivity index (χ0) is 27.3. The van der Waals surface area contributed by atoms with E-state index in [9.17, 15) is 14.7 Å². The van der Waals surface area contributed by atoms with Crippen molar-refractivity contribution in [3.8, 4) is 17.2 Å². The van der Waals surface area contributed by atoms with E-state index < -0.39 is 17.7 Å². The molecule has 37 heavy (non-hydrogen) atoms. The molecule has 1 aliphatic rings. The summed E-state index contributed by atoms with van der Waals surface area (Å²) in [6.45, 7) is 7.51. The van der Waals surface area contributed by atoms with Gasteiger partial charge in [0.15, 0.2) is 11.5 Å². The highest BCUT2D eigenvalue weighted by Gasteiger charge is 2.46. The van der Waals surface area contributed by atoms with E-state index in [-0.39, 0.29) is 17.3 Å². The number of aliphatic hydroxyl groups excluding tert-OH is 1. The van der Waals surface area contributed by atoms with Gasteiger partial charge in [-0.15, -0.1) is 0 Å². The summed E-state index contributed by atoms with van der Waals surface area (Å²) in [5.74, 6) is 0.333. The average molecular weight is 511 g/mol. The first-order valence-electron chi connectivity index (χ1n) is 12.6. The molecule has 200 valence electrons.